The fourth-order valence-electron chi connectivity index (χ4n) is 1.23. The van der Waals surface area contributed by atoms with Gasteiger partial charge in [0.1, 0.15) is 0 Å². The molecule has 1 saturated heterocycles. The van der Waals surface area contributed by atoms with Crippen molar-refractivity contribution in [2.24, 2.45) is 11.1 Å². The molecular weight excluding hydrogens is 183 g/mol. The van der Waals surface area contributed by atoms with E-state index in [4.69, 9.17) is 5.73 Å². The SMILES string of the molecule is CS.[CH2-]C1(CN)CN(C)C1.[K+]. The maximum absolute atomic E-state index is 5.44. The summed E-state index contributed by atoms with van der Waals surface area (Å²) in [4.78, 5) is 2.22. The number of likely N-dealkylation sites (tertiary alicyclic amines) is 1. The van der Waals surface area contributed by atoms with Gasteiger partial charge < -0.3 is 17.6 Å². The van der Waals surface area contributed by atoms with Crippen molar-refractivity contribution in [3.05, 3.63) is 6.92 Å². The topological polar surface area (TPSA) is 29.3 Å². The molecule has 0 aliphatic carbocycles. The second-order valence-corrected chi connectivity index (χ2v) is 2.88. The van der Waals surface area contributed by atoms with Gasteiger partial charge in [-0.3, -0.25) is 0 Å². The second-order valence-electron chi connectivity index (χ2n) is 2.88. The molecule has 0 aromatic carbocycles. The van der Waals surface area contributed by atoms with Crippen LogP contribution < -0.4 is 57.1 Å². The van der Waals surface area contributed by atoms with Crippen molar-refractivity contribution in [3.8, 4) is 0 Å². The van der Waals surface area contributed by atoms with E-state index in [1.54, 1.807) is 6.26 Å². The van der Waals surface area contributed by atoms with Crippen molar-refractivity contribution in [2.75, 3.05) is 32.9 Å². The Morgan fingerprint density at radius 2 is 1.91 bits per heavy atom. The maximum Gasteiger partial charge on any atom is 1.00 e. The molecule has 2 nitrogen and oxygen atoms in total. The van der Waals surface area contributed by atoms with E-state index in [1.807, 2.05) is 0 Å². The molecule has 11 heavy (non-hydrogen) atoms. The Bertz CT molecular complexity index is 94.4. The van der Waals surface area contributed by atoms with Crippen LogP contribution in [0.4, 0.5) is 0 Å². The number of thiol groups is 1. The molecule has 1 rings (SSSR count). The zero-order chi connectivity index (χ0) is 8.20. The smallest absolute Gasteiger partial charge is 0.334 e. The van der Waals surface area contributed by atoms with Crippen molar-refractivity contribution in [2.45, 2.75) is 0 Å². The third-order valence-corrected chi connectivity index (χ3v) is 1.64. The third kappa shape index (κ3) is 5.26. The fourth-order valence-corrected chi connectivity index (χ4v) is 1.23. The predicted molar refractivity (Wildman–Crippen MR) is 49.3 cm³/mol. The van der Waals surface area contributed by atoms with Gasteiger partial charge in [-0.25, -0.2) is 0 Å². The first-order valence-electron chi connectivity index (χ1n) is 3.35. The molecule has 0 spiro atoms. The quantitative estimate of drug-likeness (QED) is 0.273. The molecule has 1 aliphatic rings. The Hall–Kier alpha value is 1.91. The molecule has 62 valence electrons. The minimum atomic E-state index is 0. The molecule has 0 radical (unpaired) electrons. The molecule has 0 saturated carbocycles. The zero-order valence-electron chi connectivity index (χ0n) is 7.80. The minimum absolute atomic E-state index is 0. The van der Waals surface area contributed by atoms with Crippen molar-refractivity contribution < 1.29 is 51.4 Å². The largest absolute Gasteiger partial charge is 1.00 e. The molecule has 1 fully saturated rings. The second kappa shape index (κ2) is 7.32. The molecular formula is C7H17KN2S. The summed E-state index contributed by atoms with van der Waals surface area (Å²) in [7, 11) is 2.08. The van der Waals surface area contributed by atoms with Crippen LogP contribution in [0.25, 0.3) is 0 Å². The summed E-state index contributed by atoms with van der Waals surface area (Å²) in [6, 6.07) is 0. The van der Waals surface area contributed by atoms with Crippen LogP contribution in [0.5, 0.6) is 0 Å². The Morgan fingerprint density at radius 3 is 2.00 bits per heavy atom. The van der Waals surface area contributed by atoms with Gasteiger partial charge in [0.2, 0.25) is 0 Å². The van der Waals surface area contributed by atoms with Gasteiger partial charge in [0.25, 0.3) is 0 Å². The Balaban J connectivity index is 0. The van der Waals surface area contributed by atoms with Gasteiger partial charge >= 0.3 is 51.4 Å². The molecule has 0 bridgehead atoms. The van der Waals surface area contributed by atoms with E-state index in [1.165, 1.54) is 0 Å². The van der Waals surface area contributed by atoms with Gasteiger partial charge in [-0.2, -0.15) is 12.6 Å². The molecule has 1 heterocycles. The Kier molecular flexibility index (Phi) is 10.2. The van der Waals surface area contributed by atoms with Gasteiger partial charge in [-0.05, 0) is 32.9 Å². The van der Waals surface area contributed by atoms with E-state index in [9.17, 15) is 0 Å². The van der Waals surface area contributed by atoms with Gasteiger partial charge in [0.15, 0.2) is 0 Å². The number of hydrogen-bond acceptors (Lipinski definition) is 3. The maximum atomic E-state index is 5.44. The minimum Gasteiger partial charge on any atom is -0.334 e. The van der Waals surface area contributed by atoms with Crippen LogP contribution in [0.1, 0.15) is 0 Å². The van der Waals surface area contributed by atoms with Crippen LogP contribution >= 0.6 is 12.6 Å². The molecule has 0 aromatic heterocycles. The van der Waals surface area contributed by atoms with E-state index in [0.717, 1.165) is 19.6 Å². The van der Waals surface area contributed by atoms with Crippen LogP contribution in [0.15, 0.2) is 0 Å². The fraction of sp³-hybridized carbons (Fsp3) is 0.857. The summed E-state index contributed by atoms with van der Waals surface area (Å²) < 4.78 is 0. The normalized spacial score (nSPS) is 20.5. The number of rotatable bonds is 1. The summed E-state index contributed by atoms with van der Waals surface area (Å²) in [6.45, 7) is 6.82. The van der Waals surface area contributed by atoms with Crippen LogP contribution in [-0.2, 0) is 0 Å². The number of hydrogen-bond donors (Lipinski definition) is 2. The molecule has 1 aliphatic heterocycles. The van der Waals surface area contributed by atoms with E-state index in [2.05, 4.69) is 31.5 Å². The standard InChI is InChI=1S/C6H13N2.CH4S.K/c1-6(3-7)4-8(2)5-6;1-2;/h1,3-5,7H2,2H3;2H,1H3;/q-1;;+1. The molecule has 0 aromatic rings. The van der Waals surface area contributed by atoms with Crippen molar-refractivity contribution in [3.63, 3.8) is 0 Å². The van der Waals surface area contributed by atoms with E-state index < -0.39 is 0 Å². The summed E-state index contributed by atoms with van der Waals surface area (Å²) >= 11 is 3.53. The first kappa shape index (κ1) is 15.4. The third-order valence-electron chi connectivity index (χ3n) is 1.64. The van der Waals surface area contributed by atoms with Crippen LogP contribution in [-0.4, -0.2) is 37.8 Å². The molecule has 4 heteroatoms. The molecule has 0 amide bonds. The summed E-state index contributed by atoms with van der Waals surface area (Å²) in [6.07, 6.45) is 1.69. The summed E-state index contributed by atoms with van der Waals surface area (Å²) in [5, 5.41) is 0. The monoisotopic (exact) mass is 200 g/mol. The summed E-state index contributed by atoms with van der Waals surface area (Å²) in [5.41, 5.74) is 5.63. The van der Waals surface area contributed by atoms with Crippen LogP contribution in [0, 0.1) is 12.3 Å². The molecule has 2 N–H and O–H groups in total. The average Bonchev–Trinajstić information content (AvgIpc) is 1.90. The van der Waals surface area contributed by atoms with Gasteiger partial charge in [-0.1, -0.05) is 0 Å². The van der Waals surface area contributed by atoms with Crippen molar-refractivity contribution in [1.82, 2.24) is 4.90 Å². The van der Waals surface area contributed by atoms with Gasteiger partial charge in [-0.15, -0.1) is 5.41 Å². The zero-order valence-corrected chi connectivity index (χ0v) is 11.8. The number of nitrogens with zero attached hydrogens (tertiary/aromatic N) is 1. The Labute approximate surface area is 118 Å². The van der Waals surface area contributed by atoms with E-state index >= 15 is 0 Å². The van der Waals surface area contributed by atoms with Crippen molar-refractivity contribution in [1.29, 1.82) is 0 Å². The molecule has 0 unspecified atom stereocenters. The first-order chi connectivity index (χ1) is 4.66. The van der Waals surface area contributed by atoms with Crippen molar-refractivity contribution >= 4 is 12.6 Å². The predicted octanol–water partition coefficient (Wildman–Crippen LogP) is -2.74. The van der Waals surface area contributed by atoms with Gasteiger partial charge in [0, 0.05) is 0 Å². The van der Waals surface area contributed by atoms with Gasteiger partial charge in [0.05, 0.1) is 0 Å². The van der Waals surface area contributed by atoms with E-state index in [-0.39, 0.29) is 56.8 Å². The Morgan fingerprint density at radius 1 is 1.55 bits per heavy atom. The average molecular weight is 200 g/mol. The van der Waals surface area contributed by atoms with Crippen LogP contribution in [0.3, 0.4) is 0 Å². The molecule has 0 atom stereocenters. The first-order valence-corrected chi connectivity index (χ1v) is 4.24. The van der Waals surface area contributed by atoms with E-state index in [0.29, 0.717) is 0 Å². The van der Waals surface area contributed by atoms with Crippen LogP contribution in [0.2, 0.25) is 0 Å². The summed E-state index contributed by atoms with van der Waals surface area (Å²) in [5.74, 6) is 0. The number of nitrogens with two attached hydrogens (primary N) is 1.